The lowest BCUT2D eigenvalue weighted by molar-refractivity contribution is -0.115. The van der Waals surface area contributed by atoms with Gasteiger partial charge in [0.15, 0.2) is 0 Å². The monoisotopic (exact) mass is 352 g/mol. The number of nitrogens with zero attached hydrogens (tertiary/aromatic N) is 1. The zero-order chi connectivity index (χ0) is 18.5. The Bertz CT molecular complexity index is 883. The van der Waals surface area contributed by atoms with Crippen molar-refractivity contribution in [3.63, 3.8) is 0 Å². The maximum absolute atomic E-state index is 12.3. The summed E-state index contributed by atoms with van der Waals surface area (Å²) in [6.07, 6.45) is 0.136. The number of carbonyl (C=O) groups excluding carboxylic acids is 1. The van der Waals surface area contributed by atoms with Crippen molar-refractivity contribution >= 4 is 11.6 Å². The topological polar surface area (TPSA) is 73.6 Å². The number of aromatic nitrogens is 1. The highest BCUT2D eigenvalue weighted by Crippen LogP contribution is 2.24. The number of rotatable bonds is 6. The van der Waals surface area contributed by atoms with Crippen LogP contribution in [0.1, 0.15) is 11.5 Å². The standard InChI is InChI=1S/C20H20N2O4/c1-13-18(12-19(23)21-15-6-10-17(25-3)11-7-15)22-20(26-13)14-4-8-16(24-2)9-5-14/h4-11H,12H2,1-3H3,(H,21,23). The average molecular weight is 352 g/mol. The third kappa shape index (κ3) is 4.03. The summed E-state index contributed by atoms with van der Waals surface area (Å²) in [5.74, 6) is 2.45. The van der Waals surface area contributed by atoms with Crippen LogP contribution in [0.15, 0.2) is 52.9 Å². The van der Waals surface area contributed by atoms with E-state index >= 15 is 0 Å². The molecule has 1 heterocycles. The van der Waals surface area contributed by atoms with Gasteiger partial charge in [0.05, 0.1) is 26.3 Å². The second kappa shape index (κ2) is 7.74. The van der Waals surface area contributed by atoms with Crippen molar-refractivity contribution in [2.45, 2.75) is 13.3 Å². The Hall–Kier alpha value is -3.28. The molecule has 2 aromatic carbocycles. The summed E-state index contributed by atoms with van der Waals surface area (Å²) >= 11 is 0. The Morgan fingerprint density at radius 2 is 1.58 bits per heavy atom. The van der Waals surface area contributed by atoms with E-state index in [0.29, 0.717) is 23.0 Å². The number of anilines is 1. The molecule has 3 aromatic rings. The van der Waals surface area contributed by atoms with Crippen molar-refractivity contribution < 1.29 is 18.7 Å². The van der Waals surface area contributed by atoms with Gasteiger partial charge in [-0.1, -0.05) is 0 Å². The average Bonchev–Trinajstić information content (AvgIpc) is 3.02. The van der Waals surface area contributed by atoms with Gasteiger partial charge in [-0.15, -0.1) is 0 Å². The molecular formula is C20H20N2O4. The normalized spacial score (nSPS) is 10.4. The van der Waals surface area contributed by atoms with Crippen molar-refractivity contribution in [2.24, 2.45) is 0 Å². The van der Waals surface area contributed by atoms with E-state index in [4.69, 9.17) is 13.9 Å². The predicted octanol–water partition coefficient (Wildman–Crippen LogP) is 3.85. The fourth-order valence-corrected chi connectivity index (χ4v) is 2.48. The minimum atomic E-state index is -0.159. The van der Waals surface area contributed by atoms with Crippen LogP contribution in [0.4, 0.5) is 5.69 Å². The first kappa shape index (κ1) is 17.5. The minimum absolute atomic E-state index is 0.136. The van der Waals surface area contributed by atoms with E-state index in [-0.39, 0.29) is 12.3 Å². The van der Waals surface area contributed by atoms with Crippen LogP contribution in [-0.2, 0) is 11.2 Å². The number of hydrogen-bond donors (Lipinski definition) is 1. The molecule has 1 aromatic heterocycles. The maximum Gasteiger partial charge on any atom is 0.230 e. The lowest BCUT2D eigenvalue weighted by atomic mass is 10.2. The number of aryl methyl sites for hydroxylation is 1. The summed E-state index contributed by atoms with van der Waals surface area (Å²) in [6, 6.07) is 14.6. The molecule has 3 rings (SSSR count). The van der Waals surface area contributed by atoms with Gasteiger partial charge in [-0.2, -0.15) is 0 Å². The molecule has 0 spiro atoms. The summed E-state index contributed by atoms with van der Waals surface area (Å²) in [5.41, 5.74) is 2.14. The number of oxazole rings is 1. The van der Waals surface area contributed by atoms with Gasteiger partial charge in [0.1, 0.15) is 17.3 Å². The van der Waals surface area contributed by atoms with Crippen LogP contribution in [0.2, 0.25) is 0 Å². The highest BCUT2D eigenvalue weighted by atomic mass is 16.5. The first-order valence-corrected chi connectivity index (χ1v) is 8.13. The molecule has 0 aliphatic heterocycles. The first-order valence-electron chi connectivity index (χ1n) is 8.13. The zero-order valence-electron chi connectivity index (χ0n) is 14.9. The molecule has 0 fully saturated rings. The smallest absolute Gasteiger partial charge is 0.230 e. The third-order valence-corrected chi connectivity index (χ3v) is 3.93. The van der Waals surface area contributed by atoms with Gasteiger partial charge in [0, 0.05) is 11.3 Å². The molecule has 1 amide bonds. The van der Waals surface area contributed by atoms with Crippen LogP contribution >= 0.6 is 0 Å². The fourth-order valence-electron chi connectivity index (χ4n) is 2.48. The molecule has 0 saturated heterocycles. The van der Waals surface area contributed by atoms with E-state index in [1.54, 1.807) is 45.4 Å². The molecule has 0 bridgehead atoms. The van der Waals surface area contributed by atoms with Gasteiger partial charge in [0.25, 0.3) is 0 Å². The van der Waals surface area contributed by atoms with Crippen LogP contribution in [0.5, 0.6) is 11.5 Å². The Kier molecular flexibility index (Phi) is 5.22. The second-order valence-electron chi connectivity index (χ2n) is 5.70. The molecule has 6 heteroatoms. The van der Waals surface area contributed by atoms with Gasteiger partial charge in [-0.25, -0.2) is 4.98 Å². The molecule has 0 saturated carbocycles. The van der Waals surface area contributed by atoms with Gasteiger partial charge < -0.3 is 19.2 Å². The molecule has 134 valence electrons. The van der Waals surface area contributed by atoms with Crippen molar-refractivity contribution in [1.82, 2.24) is 4.98 Å². The van der Waals surface area contributed by atoms with E-state index < -0.39 is 0 Å². The molecule has 1 N–H and O–H groups in total. The number of amides is 1. The Labute approximate surface area is 151 Å². The Morgan fingerprint density at radius 3 is 2.15 bits per heavy atom. The van der Waals surface area contributed by atoms with E-state index in [0.717, 1.165) is 17.1 Å². The van der Waals surface area contributed by atoms with Crippen LogP contribution in [0.25, 0.3) is 11.5 Å². The van der Waals surface area contributed by atoms with Gasteiger partial charge in [0.2, 0.25) is 11.8 Å². The van der Waals surface area contributed by atoms with E-state index in [1.807, 2.05) is 24.3 Å². The van der Waals surface area contributed by atoms with E-state index in [1.165, 1.54) is 0 Å². The number of nitrogens with one attached hydrogen (secondary N) is 1. The van der Waals surface area contributed by atoms with Crippen molar-refractivity contribution in [3.05, 3.63) is 60.0 Å². The van der Waals surface area contributed by atoms with Crippen molar-refractivity contribution in [1.29, 1.82) is 0 Å². The molecular weight excluding hydrogens is 332 g/mol. The molecule has 0 aliphatic carbocycles. The van der Waals surface area contributed by atoms with Crippen LogP contribution < -0.4 is 14.8 Å². The highest BCUT2D eigenvalue weighted by Gasteiger charge is 2.15. The molecule has 0 atom stereocenters. The SMILES string of the molecule is COc1ccc(NC(=O)Cc2nc(-c3ccc(OC)cc3)oc2C)cc1. The van der Waals surface area contributed by atoms with Crippen LogP contribution in [0.3, 0.4) is 0 Å². The van der Waals surface area contributed by atoms with Crippen LogP contribution in [-0.4, -0.2) is 25.1 Å². The van der Waals surface area contributed by atoms with Crippen molar-refractivity contribution in [3.8, 4) is 23.0 Å². The van der Waals surface area contributed by atoms with Gasteiger partial charge in [-0.05, 0) is 55.5 Å². The molecule has 6 nitrogen and oxygen atoms in total. The largest absolute Gasteiger partial charge is 0.497 e. The Balaban J connectivity index is 1.69. The molecule has 26 heavy (non-hydrogen) atoms. The summed E-state index contributed by atoms with van der Waals surface area (Å²) in [6.45, 7) is 1.80. The Morgan fingerprint density at radius 1 is 1.00 bits per heavy atom. The second-order valence-corrected chi connectivity index (χ2v) is 5.70. The summed E-state index contributed by atoms with van der Waals surface area (Å²) in [7, 11) is 3.21. The summed E-state index contributed by atoms with van der Waals surface area (Å²) in [5, 5.41) is 2.84. The fraction of sp³-hybridized carbons (Fsp3) is 0.200. The lowest BCUT2D eigenvalue weighted by Gasteiger charge is -2.05. The van der Waals surface area contributed by atoms with Crippen LogP contribution in [0, 0.1) is 6.92 Å². The minimum Gasteiger partial charge on any atom is -0.497 e. The number of benzene rings is 2. The van der Waals surface area contributed by atoms with Gasteiger partial charge >= 0.3 is 0 Å². The number of carbonyl (C=O) groups is 1. The quantitative estimate of drug-likeness (QED) is 0.729. The molecule has 0 radical (unpaired) electrons. The summed E-state index contributed by atoms with van der Waals surface area (Å²) in [4.78, 5) is 16.7. The summed E-state index contributed by atoms with van der Waals surface area (Å²) < 4.78 is 16.0. The predicted molar refractivity (Wildman–Crippen MR) is 98.6 cm³/mol. The molecule has 0 aliphatic rings. The third-order valence-electron chi connectivity index (χ3n) is 3.93. The van der Waals surface area contributed by atoms with Gasteiger partial charge in [-0.3, -0.25) is 4.79 Å². The number of methoxy groups -OCH3 is 2. The lowest BCUT2D eigenvalue weighted by Crippen LogP contribution is -2.15. The molecule has 0 unspecified atom stereocenters. The van der Waals surface area contributed by atoms with Crippen molar-refractivity contribution in [2.75, 3.05) is 19.5 Å². The number of ether oxygens (including phenoxy) is 2. The van der Waals surface area contributed by atoms with E-state index in [2.05, 4.69) is 10.3 Å². The zero-order valence-corrected chi connectivity index (χ0v) is 14.9. The maximum atomic E-state index is 12.3. The first-order chi connectivity index (χ1) is 12.6. The highest BCUT2D eigenvalue weighted by molar-refractivity contribution is 5.92. The van der Waals surface area contributed by atoms with E-state index in [9.17, 15) is 4.79 Å². The number of hydrogen-bond acceptors (Lipinski definition) is 5.